The molecule has 1 radical (unpaired) electrons. The molecule has 3 nitrogen and oxygen atoms in total. The Labute approximate surface area is 303 Å². The van der Waals surface area contributed by atoms with E-state index in [1.165, 1.54) is 44.2 Å². The largest absolute Gasteiger partial charge is 0.0622 e. The molecule has 0 amide bonds. The second-order valence-corrected chi connectivity index (χ2v) is 30.5. The van der Waals surface area contributed by atoms with E-state index in [0.717, 1.165) is 8.58 Å². The van der Waals surface area contributed by atoms with E-state index in [0.29, 0.717) is 23.7 Å². The molecule has 0 saturated carbocycles. The van der Waals surface area contributed by atoms with Crippen LogP contribution in [0.3, 0.4) is 0 Å². The summed E-state index contributed by atoms with van der Waals surface area (Å²) in [7, 11) is -3.38. The van der Waals surface area contributed by atoms with Crippen LogP contribution in [0.15, 0.2) is 97.1 Å². The molecule has 0 atom stereocenters. The van der Waals surface area contributed by atoms with E-state index >= 15 is 0 Å². The molecule has 0 spiro atoms. The van der Waals surface area contributed by atoms with Crippen LogP contribution in [0.2, 0.25) is 26.2 Å². The van der Waals surface area contributed by atoms with Crippen LogP contribution < -0.4 is 15.6 Å². The monoisotopic (exact) mass is 877 g/mol. The first-order chi connectivity index (χ1) is 22.1. The normalized spacial score (nSPS) is 15.7. The Balaban J connectivity index is 0.000000318. The molecule has 1 heterocycles. The number of anilines is 2. The first-order valence-corrected chi connectivity index (χ1v) is 27.1. The summed E-state index contributed by atoms with van der Waals surface area (Å²) in [5, 5.41) is 2.79. The maximum absolute atomic E-state index is 7.31. The van der Waals surface area contributed by atoms with Gasteiger partial charge in [0.15, 0.2) is 0 Å². The summed E-state index contributed by atoms with van der Waals surface area (Å²) < 4.78 is 13.1. The van der Waals surface area contributed by atoms with E-state index < -0.39 is 40.8 Å². The molecule has 0 aliphatic carbocycles. The number of rotatable bonds is 8. The van der Waals surface area contributed by atoms with E-state index in [2.05, 4.69) is 184 Å². The van der Waals surface area contributed by atoms with Crippen LogP contribution in [0.25, 0.3) is 0 Å². The van der Waals surface area contributed by atoms with E-state index in [1.807, 2.05) is 0 Å². The minimum Gasteiger partial charge on any atom is -0.0622 e. The summed E-state index contributed by atoms with van der Waals surface area (Å²) in [6.07, 6.45) is 0. The van der Waals surface area contributed by atoms with Gasteiger partial charge in [0.2, 0.25) is 0 Å². The second-order valence-electron chi connectivity index (χ2n) is 14.8. The van der Waals surface area contributed by atoms with Crippen molar-refractivity contribution < 1.29 is 4.12 Å². The van der Waals surface area contributed by atoms with Crippen LogP contribution in [0, 0.1) is 0 Å². The van der Waals surface area contributed by atoms with Crippen LogP contribution in [0.1, 0.15) is 101 Å². The zero-order chi connectivity index (χ0) is 34.5. The molecule has 1 aliphatic rings. The van der Waals surface area contributed by atoms with E-state index in [9.17, 15) is 0 Å². The van der Waals surface area contributed by atoms with Crippen LogP contribution in [-0.2, 0) is 4.12 Å². The first-order valence-electron chi connectivity index (χ1n) is 17.3. The third-order valence-electron chi connectivity index (χ3n) is 8.64. The molecule has 1 fully saturated rings. The Morgan fingerprint density at radius 2 is 0.766 bits per heavy atom. The van der Waals surface area contributed by atoms with Crippen LogP contribution in [0.4, 0.5) is 11.4 Å². The van der Waals surface area contributed by atoms with Crippen molar-refractivity contribution in [2.75, 3.05) is 5.02 Å². The Bertz CT molecular complexity index is 1420. The molecule has 251 valence electrons. The molecular weight excluding hydrogens is 821 g/mol. The van der Waals surface area contributed by atoms with Gasteiger partial charge in [-0.05, 0) is 10.6 Å². The predicted molar refractivity (Wildman–Crippen MR) is 216 cm³/mol. The van der Waals surface area contributed by atoms with Gasteiger partial charge in [-0.2, -0.15) is 0 Å². The van der Waals surface area contributed by atoms with Gasteiger partial charge < -0.3 is 0 Å². The number of para-hydroxylation sites is 2. The van der Waals surface area contributed by atoms with Crippen molar-refractivity contribution in [2.45, 2.75) is 105 Å². The number of nitrogens with zero attached hydrogens (tertiary/aromatic N) is 2. The number of hydrogen-bond donors (Lipinski definition) is 0. The first kappa shape index (κ1) is 38.0. The second kappa shape index (κ2) is 16.3. The predicted octanol–water partition coefficient (Wildman–Crippen LogP) is 10.8. The van der Waals surface area contributed by atoms with Gasteiger partial charge in [0.05, 0.1) is 0 Å². The Morgan fingerprint density at radius 1 is 0.468 bits per heavy atom. The molecule has 4 aromatic carbocycles. The number of benzene rings is 4. The fourth-order valence-corrected chi connectivity index (χ4v) is 28.4. The van der Waals surface area contributed by atoms with Crippen molar-refractivity contribution in [2.24, 2.45) is 0 Å². The van der Waals surface area contributed by atoms with Crippen molar-refractivity contribution in [3.63, 3.8) is 0 Å². The Morgan fingerprint density at radius 3 is 1.04 bits per heavy atom. The maximum atomic E-state index is 7.31. The van der Waals surface area contributed by atoms with Crippen molar-refractivity contribution in [3.05, 3.63) is 119 Å². The molecule has 0 N–H and O–H groups in total. The molecule has 7 heteroatoms. The van der Waals surface area contributed by atoms with Crippen LogP contribution in [0.5, 0.6) is 0 Å². The average Bonchev–Trinajstić information content (AvgIpc) is 3.01. The van der Waals surface area contributed by atoms with Crippen molar-refractivity contribution in [1.82, 2.24) is 0 Å². The quantitative estimate of drug-likeness (QED) is 0.130. The SMILES string of the molecule is CC(C)c1cccc(C(C)C)c1[N]1[Bi][N](c2c(C(C)C)cccc2C(C)C)[Si](C)(C)O[Si]1(C)C.c1ccc(Pc2ccccc2)cc1. The standard InChI is InChI=1S/C28H46N2OSi2.C12H11P.Bi/c1-19(2)23-15-13-16-24(20(3)4)27(23)29-32(9,10)31-33(11,12)30-28-25(21(5)6)17-14-18-26(28)22(7)8;1-3-7-11(8-4-1)13-12-9-5-2-6-10-12;/h13-22H,1-12H3;1-10,13H;/q-2;;+2. The van der Waals surface area contributed by atoms with Crippen LogP contribution >= 0.6 is 8.58 Å². The van der Waals surface area contributed by atoms with Gasteiger partial charge in [-0.1, -0.05) is 69.2 Å². The van der Waals surface area contributed by atoms with Gasteiger partial charge >= 0.3 is 225 Å². The maximum Gasteiger partial charge on any atom is -0.0226 e. The summed E-state index contributed by atoms with van der Waals surface area (Å²) in [6, 6.07) is 35.1. The minimum absolute atomic E-state index is 0.495. The molecule has 0 unspecified atom stereocenters. The average molecular weight is 878 g/mol. The van der Waals surface area contributed by atoms with Crippen LogP contribution in [-0.4, -0.2) is 40.8 Å². The summed E-state index contributed by atoms with van der Waals surface area (Å²) in [6.45, 7) is 28.5. The summed E-state index contributed by atoms with van der Waals surface area (Å²) >= 11 is -1.33. The topological polar surface area (TPSA) is 15.7 Å². The summed E-state index contributed by atoms with van der Waals surface area (Å²) in [5.41, 5.74) is 8.96. The minimum atomic E-state index is -2.08. The molecule has 4 aromatic rings. The third kappa shape index (κ3) is 9.25. The Kier molecular flexibility index (Phi) is 13.1. The molecular formula is C40H57BiN2OPSi2. The van der Waals surface area contributed by atoms with E-state index in [4.69, 9.17) is 4.12 Å². The van der Waals surface area contributed by atoms with Gasteiger partial charge in [-0.25, -0.2) is 0 Å². The van der Waals surface area contributed by atoms with Crippen molar-refractivity contribution in [3.8, 4) is 0 Å². The van der Waals surface area contributed by atoms with Gasteiger partial charge in [-0.3, -0.25) is 0 Å². The van der Waals surface area contributed by atoms with Gasteiger partial charge in [0.25, 0.3) is 0 Å². The molecule has 1 saturated heterocycles. The molecule has 1 aliphatic heterocycles. The van der Waals surface area contributed by atoms with Gasteiger partial charge in [0.1, 0.15) is 0 Å². The summed E-state index contributed by atoms with van der Waals surface area (Å²) in [4.78, 5) is 0. The van der Waals surface area contributed by atoms with E-state index in [1.54, 1.807) is 0 Å². The molecule has 47 heavy (non-hydrogen) atoms. The molecule has 5 rings (SSSR count). The zero-order valence-electron chi connectivity index (χ0n) is 30.8. The summed E-state index contributed by atoms with van der Waals surface area (Å²) in [5.74, 6) is 1.98. The fraction of sp³-hybridized carbons (Fsp3) is 0.400. The zero-order valence-corrected chi connectivity index (χ0v) is 37.3. The molecule has 0 bridgehead atoms. The smallest absolute Gasteiger partial charge is 0.0226 e. The van der Waals surface area contributed by atoms with Gasteiger partial charge in [-0.15, -0.1) is 0 Å². The Hall–Kier alpha value is -1.81. The molecule has 0 aromatic heterocycles. The number of hydrogen-bond acceptors (Lipinski definition) is 3. The third-order valence-corrected chi connectivity index (χ3v) is 32.1. The fourth-order valence-electron chi connectivity index (χ4n) is 6.35. The van der Waals surface area contributed by atoms with Crippen molar-refractivity contribution in [1.29, 1.82) is 0 Å². The van der Waals surface area contributed by atoms with Crippen molar-refractivity contribution >= 4 is 71.3 Å². The van der Waals surface area contributed by atoms with E-state index in [-0.39, 0.29) is 0 Å². The van der Waals surface area contributed by atoms with Gasteiger partial charge in [0, 0.05) is 0 Å².